The molecule has 0 fully saturated rings. The first-order valence-electron chi connectivity index (χ1n) is 5.30. The number of aliphatic hydroxyl groups excluding tert-OH is 1. The number of hydrogen-bond donors (Lipinski definition) is 4. The molecule has 0 unspecified atom stereocenters. The highest BCUT2D eigenvalue weighted by Crippen LogP contribution is 2.21. The van der Waals surface area contributed by atoms with Gasteiger partial charge in [0.2, 0.25) is 0 Å². The fourth-order valence-corrected chi connectivity index (χ4v) is 1.43. The number of aliphatic hydroxyl groups is 1. The van der Waals surface area contributed by atoms with Crippen LogP contribution in [0.25, 0.3) is 0 Å². The van der Waals surface area contributed by atoms with Crippen molar-refractivity contribution >= 4 is 17.4 Å². The Balaban J connectivity index is 3.02. The van der Waals surface area contributed by atoms with Crippen LogP contribution in [-0.2, 0) is 0 Å². The highest BCUT2D eigenvalue weighted by Gasteiger charge is 2.20. The molecule has 0 aliphatic heterocycles. The van der Waals surface area contributed by atoms with Crippen LogP contribution < -0.4 is 16.8 Å². The first-order valence-corrected chi connectivity index (χ1v) is 5.30. The van der Waals surface area contributed by atoms with E-state index in [2.05, 4.69) is 10.3 Å². The quantitative estimate of drug-likeness (QED) is 0.590. The zero-order valence-electron chi connectivity index (χ0n) is 10.0. The second kappa shape index (κ2) is 5.01. The molecule has 17 heavy (non-hydrogen) atoms. The normalized spacial score (nSPS) is 11.2. The van der Waals surface area contributed by atoms with E-state index in [0.29, 0.717) is 17.9 Å². The van der Waals surface area contributed by atoms with E-state index in [9.17, 15) is 4.79 Å². The molecule has 0 saturated heterocycles. The number of rotatable bonds is 5. The topological polar surface area (TPSA) is 114 Å². The molecule has 6 N–H and O–H groups in total. The lowest BCUT2D eigenvalue weighted by Crippen LogP contribution is -2.33. The highest BCUT2D eigenvalue weighted by atomic mass is 16.3. The molecule has 1 rings (SSSR count). The van der Waals surface area contributed by atoms with Crippen LogP contribution in [0.1, 0.15) is 30.6 Å². The minimum atomic E-state index is -0.591. The molecular weight excluding hydrogens is 220 g/mol. The van der Waals surface area contributed by atoms with Gasteiger partial charge in [0.25, 0.3) is 5.91 Å². The van der Waals surface area contributed by atoms with E-state index in [1.165, 1.54) is 12.3 Å². The zero-order valence-corrected chi connectivity index (χ0v) is 10.0. The molecule has 1 aromatic rings. The monoisotopic (exact) mass is 238 g/mol. The number of nitrogens with two attached hydrogens (primary N) is 2. The Kier molecular flexibility index (Phi) is 3.90. The largest absolute Gasteiger partial charge is 0.397 e. The van der Waals surface area contributed by atoms with Gasteiger partial charge in [0.15, 0.2) is 0 Å². The molecule has 1 heterocycles. The van der Waals surface area contributed by atoms with Gasteiger partial charge in [0.1, 0.15) is 5.82 Å². The summed E-state index contributed by atoms with van der Waals surface area (Å²) in [6, 6.07) is 1.48. The van der Waals surface area contributed by atoms with Gasteiger partial charge in [0.05, 0.1) is 17.4 Å². The molecule has 0 aliphatic rings. The van der Waals surface area contributed by atoms with Gasteiger partial charge in [-0.3, -0.25) is 4.79 Å². The Hall–Kier alpha value is -1.82. The van der Waals surface area contributed by atoms with Crippen molar-refractivity contribution in [2.75, 3.05) is 17.7 Å². The molecule has 0 spiro atoms. The van der Waals surface area contributed by atoms with Gasteiger partial charge < -0.3 is 21.9 Å². The number of amides is 1. The van der Waals surface area contributed by atoms with E-state index < -0.39 is 5.91 Å². The Bertz CT molecular complexity index is 418. The highest BCUT2D eigenvalue weighted by molar-refractivity contribution is 5.98. The van der Waals surface area contributed by atoms with E-state index >= 15 is 0 Å². The summed E-state index contributed by atoms with van der Waals surface area (Å²) in [6.45, 7) is 3.83. The lowest BCUT2D eigenvalue weighted by molar-refractivity contribution is 0.100. The Morgan fingerprint density at radius 1 is 1.59 bits per heavy atom. The van der Waals surface area contributed by atoms with Crippen LogP contribution in [0.4, 0.5) is 11.5 Å². The molecule has 0 aromatic carbocycles. The van der Waals surface area contributed by atoms with E-state index in [-0.39, 0.29) is 17.7 Å². The number of nitrogens with zero attached hydrogens (tertiary/aromatic N) is 1. The molecular formula is C11H18N4O2. The second-order valence-corrected chi connectivity index (χ2v) is 4.51. The van der Waals surface area contributed by atoms with Crippen LogP contribution in [0.3, 0.4) is 0 Å². The number of carbonyl (C=O) groups is 1. The van der Waals surface area contributed by atoms with Crippen LogP contribution in [0.2, 0.25) is 0 Å². The van der Waals surface area contributed by atoms with Gasteiger partial charge in [-0.1, -0.05) is 0 Å². The maximum absolute atomic E-state index is 11.3. The summed E-state index contributed by atoms with van der Waals surface area (Å²) >= 11 is 0. The molecule has 6 heteroatoms. The van der Waals surface area contributed by atoms with Gasteiger partial charge in [-0.15, -0.1) is 0 Å². The van der Waals surface area contributed by atoms with Gasteiger partial charge in [0, 0.05) is 12.1 Å². The van der Waals surface area contributed by atoms with Gasteiger partial charge >= 0.3 is 0 Å². The maximum Gasteiger partial charge on any atom is 0.252 e. The summed E-state index contributed by atoms with van der Waals surface area (Å²) in [5.74, 6) is -0.211. The van der Waals surface area contributed by atoms with Crippen molar-refractivity contribution in [1.82, 2.24) is 4.98 Å². The number of nitrogens with one attached hydrogen (secondary N) is 1. The number of aromatic nitrogens is 1. The summed E-state index contributed by atoms with van der Waals surface area (Å²) in [6.07, 6.45) is 1.97. The van der Waals surface area contributed by atoms with Gasteiger partial charge in [-0.25, -0.2) is 4.98 Å². The van der Waals surface area contributed by atoms with Crippen molar-refractivity contribution in [1.29, 1.82) is 0 Å². The fraction of sp³-hybridized carbons (Fsp3) is 0.455. The Labute approximate surface area is 100 Å². The first-order chi connectivity index (χ1) is 7.85. The molecule has 0 atom stereocenters. The Morgan fingerprint density at radius 2 is 2.24 bits per heavy atom. The Morgan fingerprint density at radius 3 is 2.76 bits per heavy atom. The standard InChI is InChI=1S/C11H18N4O2/c1-11(2,3-4-16)15-10-8(9(13)17)5-7(12)6-14-10/h5-6,16H,3-4,12H2,1-2H3,(H2,13,17)(H,14,15). The smallest absolute Gasteiger partial charge is 0.252 e. The predicted molar refractivity (Wildman–Crippen MR) is 66.6 cm³/mol. The first kappa shape index (κ1) is 13.2. The van der Waals surface area contributed by atoms with Crippen LogP contribution >= 0.6 is 0 Å². The van der Waals surface area contributed by atoms with Crippen molar-refractivity contribution < 1.29 is 9.90 Å². The molecule has 1 aromatic heterocycles. The second-order valence-electron chi connectivity index (χ2n) is 4.51. The van der Waals surface area contributed by atoms with E-state index in [1.807, 2.05) is 13.8 Å². The van der Waals surface area contributed by atoms with Crippen LogP contribution in [0.15, 0.2) is 12.3 Å². The molecule has 0 aliphatic carbocycles. The summed E-state index contributed by atoms with van der Waals surface area (Å²) in [7, 11) is 0. The van der Waals surface area contributed by atoms with Crippen molar-refractivity contribution in [2.24, 2.45) is 5.73 Å². The van der Waals surface area contributed by atoms with E-state index in [1.54, 1.807) is 0 Å². The molecule has 1 amide bonds. The summed E-state index contributed by atoms with van der Waals surface area (Å²) in [5, 5.41) is 12.0. The summed E-state index contributed by atoms with van der Waals surface area (Å²) in [4.78, 5) is 15.3. The number of anilines is 2. The minimum Gasteiger partial charge on any atom is -0.397 e. The third-order valence-corrected chi connectivity index (χ3v) is 2.37. The third-order valence-electron chi connectivity index (χ3n) is 2.37. The van der Waals surface area contributed by atoms with Crippen LogP contribution in [0.5, 0.6) is 0 Å². The van der Waals surface area contributed by atoms with Gasteiger partial charge in [-0.2, -0.15) is 0 Å². The van der Waals surface area contributed by atoms with Crippen LogP contribution in [-0.4, -0.2) is 28.1 Å². The lowest BCUT2D eigenvalue weighted by atomic mass is 10.0. The molecule has 94 valence electrons. The lowest BCUT2D eigenvalue weighted by Gasteiger charge is -2.26. The van der Waals surface area contributed by atoms with Crippen molar-refractivity contribution in [3.05, 3.63) is 17.8 Å². The minimum absolute atomic E-state index is 0.0425. The number of primary amides is 1. The predicted octanol–water partition coefficient (Wildman–Crippen LogP) is 0.336. The third kappa shape index (κ3) is 3.60. The molecule has 6 nitrogen and oxygen atoms in total. The maximum atomic E-state index is 11.3. The zero-order chi connectivity index (χ0) is 13.1. The van der Waals surface area contributed by atoms with E-state index in [4.69, 9.17) is 16.6 Å². The number of hydrogen-bond acceptors (Lipinski definition) is 5. The van der Waals surface area contributed by atoms with Crippen molar-refractivity contribution in [3.8, 4) is 0 Å². The molecule has 0 bridgehead atoms. The fourth-order valence-electron chi connectivity index (χ4n) is 1.43. The summed E-state index contributed by atoms with van der Waals surface area (Å²) in [5.41, 5.74) is 11.0. The summed E-state index contributed by atoms with van der Waals surface area (Å²) < 4.78 is 0. The van der Waals surface area contributed by atoms with E-state index in [0.717, 1.165) is 0 Å². The van der Waals surface area contributed by atoms with Gasteiger partial charge in [-0.05, 0) is 26.3 Å². The van der Waals surface area contributed by atoms with Crippen molar-refractivity contribution in [2.45, 2.75) is 25.8 Å². The number of pyridine rings is 1. The average molecular weight is 238 g/mol. The SMILES string of the molecule is CC(C)(CCO)Nc1ncc(N)cc1C(N)=O. The average Bonchev–Trinajstić information content (AvgIpc) is 2.20. The van der Waals surface area contributed by atoms with Crippen molar-refractivity contribution in [3.63, 3.8) is 0 Å². The van der Waals surface area contributed by atoms with Crippen LogP contribution in [0, 0.1) is 0 Å². The number of nitrogen functional groups attached to an aromatic ring is 1. The number of carbonyl (C=O) groups excluding carboxylic acids is 1. The molecule has 0 saturated carbocycles. The molecule has 0 radical (unpaired) electrons.